The maximum absolute atomic E-state index is 13.9. The minimum absolute atomic E-state index is 0.0188. The predicted octanol–water partition coefficient (Wildman–Crippen LogP) is 8.59. The van der Waals surface area contributed by atoms with E-state index < -0.39 is 47.7 Å². The summed E-state index contributed by atoms with van der Waals surface area (Å²) < 4.78 is 149. The molecule has 0 aromatic heterocycles. The number of halogens is 11. The summed E-state index contributed by atoms with van der Waals surface area (Å²) >= 11 is -0.349. The molecule has 0 fully saturated rings. The molecule has 218 valence electrons. The Hall–Kier alpha value is -3.20. The molecule has 3 aromatic rings. The van der Waals surface area contributed by atoms with Crippen molar-refractivity contribution in [2.45, 2.75) is 41.4 Å². The van der Waals surface area contributed by atoms with Crippen molar-refractivity contribution in [1.82, 2.24) is 0 Å². The van der Waals surface area contributed by atoms with Gasteiger partial charge in [0.1, 0.15) is 12.4 Å². The number of aliphatic hydroxyl groups excluding tert-OH is 1. The van der Waals surface area contributed by atoms with E-state index >= 15 is 0 Å². The highest BCUT2D eigenvalue weighted by Gasteiger charge is 2.58. The standard InChI is InChI=1S/C25H18F11NO2S/c26-22(27,24(31,32)33)16-5-2-6-17(11-16)37(13-21(38)23(28,29)30)18-7-3-8-19(12-18)39-14-15-4-1-9-20(10-15)40-25(34,35)36/h1-12,21,38H,13-14H2. The van der Waals surface area contributed by atoms with Crippen LogP contribution in [0.3, 0.4) is 0 Å². The average molecular weight is 605 g/mol. The van der Waals surface area contributed by atoms with Gasteiger partial charge in [-0.15, -0.1) is 0 Å². The summed E-state index contributed by atoms with van der Waals surface area (Å²) in [7, 11) is 0. The lowest BCUT2D eigenvalue weighted by Gasteiger charge is -2.30. The van der Waals surface area contributed by atoms with Crippen molar-refractivity contribution in [3.05, 3.63) is 83.9 Å². The number of thioether (sulfide) groups is 1. The van der Waals surface area contributed by atoms with Crippen LogP contribution in [0.2, 0.25) is 0 Å². The lowest BCUT2D eigenvalue weighted by atomic mass is 10.1. The van der Waals surface area contributed by atoms with Crippen molar-refractivity contribution in [2.75, 3.05) is 11.4 Å². The Morgan fingerprint density at radius 3 is 1.95 bits per heavy atom. The monoisotopic (exact) mass is 605 g/mol. The lowest BCUT2D eigenvalue weighted by Crippen LogP contribution is -2.39. The quantitative estimate of drug-likeness (QED) is 0.196. The summed E-state index contributed by atoms with van der Waals surface area (Å²) in [6, 6.07) is 12.8. The maximum Gasteiger partial charge on any atom is 0.458 e. The minimum Gasteiger partial charge on any atom is -0.489 e. The van der Waals surface area contributed by atoms with Crippen LogP contribution in [0, 0.1) is 0 Å². The molecule has 3 aromatic carbocycles. The van der Waals surface area contributed by atoms with E-state index in [1.165, 1.54) is 42.5 Å². The number of rotatable bonds is 9. The van der Waals surface area contributed by atoms with E-state index in [1.54, 1.807) is 0 Å². The zero-order valence-electron chi connectivity index (χ0n) is 19.8. The van der Waals surface area contributed by atoms with E-state index in [-0.39, 0.29) is 34.7 Å². The number of aliphatic hydroxyl groups is 1. The Kier molecular flexibility index (Phi) is 9.19. The topological polar surface area (TPSA) is 32.7 Å². The third-order valence-corrected chi connectivity index (χ3v) is 6.00. The molecule has 0 saturated carbocycles. The van der Waals surface area contributed by atoms with Crippen LogP contribution in [-0.4, -0.2) is 35.6 Å². The molecule has 3 rings (SSSR count). The molecule has 0 amide bonds. The Balaban J connectivity index is 1.93. The predicted molar refractivity (Wildman–Crippen MR) is 125 cm³/mol. The fourth-order valence-corrected chi connectivity index (χ4v) is 4.03. The first-order chi connectivity index (χ1) is 18.4. The highest BCUT2D eigenvalue weighted by Crippen LogP contribution is 2.45. The molecule has 1 unspecified atom stereocenters. The van der Waals surface area contributed by atoms with Crippen molar-refractivity contribution in [2.24, 2.45) is 0 Å². The van der Waals surface area contributed by atoms with Gasteiger partial charge in [-0.05, 0) is 53.7 Å². The molecule has 3 nitrogen and oxygen atoms in total. The van der Waals surface area contributed by atoms with Crippen LogP contribution in [0.25, 0.3) is 0 Å². The average Bonchev–Trinajstić information content (AvgIpc) is 2.84. The van der Waals surface area contributed by atoms with Crippen LogP contribution in [-0.2, 0) is 12.5 Å². The number of hydrogen-bond donors (Lipinski definition) is 1. The number of benzene rings is 3. The summed E-state index contributed by atoms with van der Waals surface area (Å²) in [5, 5.41) is 9.66. The second kappa shape index (κ2) is 11.7. The molecule has 0 radical (unpaired) electrons. The lowest BCUT2D eigenvalue weighted by molar-refractivity contribution is -0.289. The molecule has 0 aliphatic carbocycles. The molecule has 40 heavy (non-hydrogen) atoms. The zero-order chi connectivity index (χ0) is 29.9. The van der Waals surface area contributed by atoms with Crippen LogP contribution in [0.5, 0.6) is 5.75 Å². The Morgan fingerprint density at radius 2 is 1.35 bits per heavy atom. The van der Waals surface area contributed by atoms with Crippen molar-refractivity contribution < 1.29 is 58.1 Å². The van der Waals surface area contributed by atoms with Crippen LogP contribution >= 0.6 is 11.8 Å². The fourth-order valence-electron chi connectivity index (χ4n) is 3.41. The summed E-state index contributed by atoms with van der Waals surface area (Å²) in [6.45, 7) is -1.54. The third kappa shape index (κ3) is 8.16. The maximum atomic E-state index is 13.9. The van der Waals surface area contributed by atoms with Crippen molar-refractivity contribution in [3.63, 3.8) is 0 Å². The van der Waals surface area contributed by atoms with Gasteiger partial charge in [0.15, 0.2) is 6.10 Å². The molecule has 1 N–H and O–H groups in total. The van der Waals surface area contributed by atoms with E-state index in [0.29, 0.717) is 22.6 Å². The highest BCUT2D eigenvalue weighted by atomic mass is 32.2. The van der Waals surface area contributed by atoms with Gasteiger partial charge in [0, 0.05) is 27.9 Å². The van der Waals surface area contributed by atoms with Gasteiger partial charge in [0.25, 0.3) is 0 Å². The van der Waals surface area contributed by atoms with Crippen LogP contribution in [0.4, 0.5) is 59.7 Å². The third-order valence-electron chi connectivity index (χ3n) is 5.28. The Morgan fingerprint density at radius 1 is 0.750 bits per heavy atom. The number of nitrogens with zero attached hydrogens (tertiary/aromatic N) is 1. The first kappa shape index (κ1) is 31.3. The smallest absolute Gasteiger partial charge is 0.458 e. The number of anilines is 2. The van der Waals surface area contributed by atoms with Gasteiger partial charge in [-0.3, -0.25) is 0 Å². The SMILES string of the molecule is OC(CN(c1cccc(OCc2cccc(SC(F)(F)F)c2)c1)c1cccc(C(F)(F)C(F)(F)F)c1)C(F)(F)F. The molecule has 1 atom stereocenters. The van der Waals surface area contributed by atoms with Crippen LogP contribution in [0.1, 0.15) is 11.1 Å². The second-order valence-corrected chi connectivity index (χ2v) is 9.41. The normalized spacial score (nSPS) is 13.7. The van der Waals surface area contributed by atoms with Gasteiger partial charge in [-0.25, -0.2) is 0 Å². The fraction of sp³-hybridized carbons (Fsp3) is 0.280. The van der Waals surface area contributed by atoms with Gasteiger partial charge in [-0.2, -0.15) is 48.3 Å². The van der Waals surface area contributed by atoms with E-state index in [9.17, 15) is 53.4 Å². The number of ether oxygens (including phenoxy) is 1. The first-order valence-corrected chi connectivity index (χ1v) is 11.8. The van der Waals surface area contributed by atoms with Gasteiger partial charge in [0.05, 0.1) is 6.54 Å². The summed E-state index contributed by atoms with van der Waals surface area (Å²) in [4.78, 5) is 0.562. The van der Waals surface area contributed by atoms with Crippen molar-refractivity contribution >= 4 is 23.1 Å². The molecule has 0 spiro atoms. The van der Waals surface area contributed by atoms with E-state index in [2.05, 4.69) is 0 Å². The van der Waals surface area contributed by atoms with Crippen LogP contribution < -0.4 is 9.64 Å². The van der Waals surface area contributed by atoms with E-state index in [1.807, 2.05) is 0 Å². The Bertz CT molecular complexity index is 1290. The van der Waals surface area contributed by atoms with Gasteiger partial charge in [0.2, 0.25) is 0 Å². The highest BCUT2D eigenvalue weighted by molar-refractivity contribution is 8.00. The minimum atomic E-state index is -5.98. The zero-order valence-corrected chi connectivity index (χ0v) is 20.6. The Labute approximate surface area is 224 Å². The molecular formula is C25H18F11NO2S. The molecule has 0 heterocycles. The van der Waals surface area contributed by atoms with Crippen molar-refractivity contribution in [1.29, 1.82) is 0 Å². The summed E-state index contributed by atoms with van der Waals surface area (Å²) in [6.07, 6.45) is -14.1. The molecule has 15 heteroatoms. The summed E-state index contributed by atoms with van der Waals surface area (Å²) in [5.41, 5.74) is -6.44. The first-order valence-electron chi connectivity index (χ1n) is 11.0. The number of alkyl halides is 11. The van der Waals surface area contributed by atoms with Crippen molar-refractivity contribution in [3.8, 4) is 5.75 Å². The van der Waals surface area contributed by atoms with Gasteiger partial charge >= 0.3 is 23.8 Å². The van der Waals surface area contributed by atoms with Crippen LogP contribution in [0.15, 0.2) is 77.7 Å². The molecular weight excluding hydrogens is 587 g/mol. The van der Waals surface area contributed by atoms with E-state index in [4.69, 9.17) is 4.74 Å². The van der Waals surface area contributed by atoms with E-state index in [0.717, 1.165) is 18.2 Å². The van der Waals surface area contributed by atoms with Gasteiger partial charge in [-0.1, -0.05) is 30.3 Å². The second-order valence-electron chi connectivity index (χ2n) is 8.27. The van der Waals surface area contributed by atoms with Gasteiger partial charge < -0.3 is 14.7 Å². The number of hydrogen-bond acceptors (Lipinski definition) is 4. The molecule has 0 bridgehead atoms. The molecule has 0 aliphatic heterocycles. The molecule has 0 aliphatic rings. The molecule has 0 saturated heterocycles. The summed E-state index contributed by atoms with van der Waals surface area (Å²) in [5.74, 6) is -5.34. The largest absolute Gasteiger partial charge is 0.489 e.